The minimum absolute atomic E-state index is 0.0307. The van der Waals surface area contributed by atoms with Gasteiger partial charge in [0.2, 0.25) is 5.88 Å². The van der Waals surface area contributed by atoms with Crippen LogP contribution in [0.1, 0.15) is 18.5 Å². The normalized spacial score (nSPS) is 12.1. The first kappa shape index (κ1) is 14.3. The number of ether oxygens (including phenoxy) is 1. The molecular formula is C17H18N4O. The average molecular weight is 294 g/mol. The number of nitrogens with two attached hydrogens (primary N) is 1. The molecule has 1 unspecified atom stereocenters. The van der Waals surface area contributed by atoms with Gasteiger partial charge in [-0.1, -0.05) is 12.1 Å². The van der Waals surface area contributed by atoms with Crippen molar-refractivity contribution in [1.29, 1.82) is 0 Å². The summed E-state index contributed by atoms with van der Waals surface area (Å²) in [5.41, 5.74) is 8.65. The zero-order chi connectivity index (χ0) is 15.5. The van der Waals surface area contributed by atoms with E-state index in [0.717, 1.165) is 28.0 Å². The highest BCUT2D eigenvalue weighted by Crippen LogP contribution is 2.24. The van der Waals surface area contributed by atoms with Crippen LogP contribution in [0.5, 0.6) is 5.88 Å². The van der Waals surface area contributed by atoms with Gasteiger partial charge in [-0.05, 0) is 42.8 Å². The van der Waals surface area contributed by atoms with E-state index in [1.165, 1.54) is 0 Å². The first-order chi connectivity index (χ1) is 10.7. The summed E-state index contributed by atoms with van der Waals surface area (Å²) in [5, 5.41) is 4.27. The number of hydrogen-bond donors (Lipinski definition) is 2. The lowest BCUT2D eigenvalue weighted by Crippen LogP contribution is -2.04. The Kier molecular flexibility index (Phi) is 3.89. The molecule has 0 spiro atoms. The van der Waals surface area contributed by atoms with Gasteiger partial charge in [-0.25, -0.2) is 9.97 Å². The van der Waals surface area contributed by atoms with Crippen molar-refractivity contribution >= 4 is 22.4 Å². The topological polar surface area (TPSA) is 73.1 Å². The van der Waals surface area contributed by atoms with Crippen molar-refractivity contribution in [3.8, 4) is 5.88 Å². The number of aromatic nitrogens is 2. The molecule has 3 rings (SSSR count). The summed E-state index contributed by atoms with van der Waals surface area (Å²) in [6.07, 6.45) is 1.71. The van der Waals surface area contributed by atoms with Crippen LogP contribution in [0.2, 0.25) is 0 Å². The first-order valence-electron chi connectivity index (χ1n) is 7.09. The molecule has 0 aliphatic heterocycles. The molecule has 1 aromatic carbocycles. The van der Waals surface area contributed by atoms with Crippen LogP contribution in [0.15, 0.2) is 48.7 Å². The number of hydrogen-bond acceptors (Lipinski definition) is 5. The van der Waals surface area contributed by atoms with Crippen molar-refractivity contribution < 1.29 is 4.74 Å². The van der Waals surface area contributed by atoms with E-state index in [4.69, 9.17) is 10.5 Å². The van der Waals surface area contributed by atoms with Gasteiger partial charge in [0, 0.05) is 23.3 Å². The molecule has 0 fully saturated rings. The number of nitrogens with one attached hydrogen (secondary N) is 1. The molecule has 112 valence electrons. The van der Waals surface area contributed by atoms with E-state index in [-0.39, 0.29) is 6.04 Å². The van der Waals surface area contributed by atoms with Crippen molar-refractivity contribution in [2.75, 3.05) is 12.4 Å². The molecule has 0 radical (unpaired) electrons. The van der Waals surface area contributed by atoms with Crippen LogP contribution in [0.4, 0.5) is 11.5 Å². The maximum Gasteiger partial charge on any atom is 0.240 e. The maximum absolute atomic E-state index is 5.86. The highest BCUT2D eigenvalue weighted by Gasteiger charge is 2.06. The third kappa shape index (κ3) is 2.84. The number of benzene rings is 1. The van der Waals surface area contributed by atoms with E-state index in [2.05, 4.69) is 15.3 Å². The van der Waals surface area contributed by atoms with Crippen LogP contribution in [-0.2, 0) is 0 Å². The second-order valence-corrected chi connectivity index (χ2v) is 5.12. The highest BCUT2D eigenvalue weighted by atomic mass is 16.5. The van der Waals surface area contributed by atoms with E-state index in [0.29, 0.717) is 5.88 Å². The van der Waals surface area contributed by atoms with Gasteiger partial charge < -0.3 is 15.8 Å². The van der Waals surface area contributed by atoms with Crippen LogP contribution in [0.3, 0.4) is 0 Å². The second-order valence-electron chi connectivity index (χ2n) is 5.12. The molecule has 2 aromatic heterocycles. The molecule has 1 atom stereocenters. The lowest BCUT2D eigenvalue weighted by Gasteiger charge is -2.10. The Morgan fingerprint density at radius 3 is 2.55 bits per heavy atom. The SMILES string of the molecule is COc1nccc2ccc(Nc3ccc(C(C)N)cc3)nc12. The Morgan fingerprint density at radius 2 is 1.86 bits per heavy atom. The van der Waals surface area contributed by atoms with Gasteiger partial charge in [0.25, 0.3) is 0 Å². The van der Waals surface area contributed by atoms with Crippen molar-refractivity contribution in [3.05, 3.63) is 54.2 Å². The predicted molar refractivity (Wildman–Crippen MR) is 88.4 cm³/mol. The third-order valence-corrected chi connectivity index (χ3v) is 3.48. The molecule has 0 amide bonds. The quantitative estimate of drug-likeness (QED) is 0.771. The molecule has 0 aliphatic rings. The monoisotopic (exact) mass is 294 g/mol. The summed E-state index contributed by atoms with van der Waals surface area (Å²) >= 11 is 0. The van der Waals surface area contributed by atoms with Gasteiger partial charge >= 0.3 is 0 Å². The van der Waals surface area contributed by atoms with Gasteiger partial charge in [0.05, 0.1) is 7.11 Å². The van der Waals surface area contributed by atoms with Crippen molar-refractivity contribution in [2.45, 2.75) is 13.0 Å². The number of anilines is 2. The minimum atomic E-state index is 0.0307. The van der Waals surface area contributed by atoms with Gasteiger partial charge in [-0.15, -0.1) is 0 Å². The molecule has 3 aromatic rings. The molecule has 22 heavy (non-hydrogen) atoms. The van der Waals surface area contributed by atoms with Gasteiger partial charge in [-0.2, -0.15) is 0 Å². The zero-order valence-electron chi connectivity index (χ0n) is 12.6. The van der Waals surface area contributed by atoms with E-state index in [1.807, 2.05) is 49.4 Å². The molecule has 0 bridgehead atoms. The number of rotatable bonds is 4. The third-order valence-electron chi connectivity index (χ3n) is 3.48. The fraction of sp³-hybridized carbons (Fsp3) is 0.176. The number of methoxy groups -OCH3 is 1. The lowest BCUT2D eigenvalue weighted by atomic mass is 10.1. The van der Waals surface area contributed by atoms with Gasteiger partial charge in [0.15, 0.2) is 0 Å². The van der Waals surface area contributed by atoms with Gasteiger partial charge in [0.1, 0.15) is 11.3 Å². The fourth-order valence-electron chi connectivity index (χ4n) is 2.26. The standard InChI is InChI=1S/C17H18N4O/c1-11(18)12-3-6-14(7-4-12)20-15-8-5-13-9-10-19-17(22-2)16(13)21-15/h3-11H,18H2,1-2H3,(H,20,21). The Hall–Kier alpha value is -2.66. The molecule has 5 nitrogen and oxygen atoms in total. The van der Waals surface area contributed by atoms with Crippen molar-refractivity contribution in [2.24, 2.45) is 5.73 Å². The lowest BCUT2D eigenvalue weighted by molar-refractivity contribution is 0.402. The second kappa shape index (κ2) is 5.99. The largest absolute Gasteiger partial charge is 0.479 e. The smallest absolute Gasteiger partial charge is 0.240 e. The Labute approximate surface area is 129 Å². The molecule has 0 aliphatic carbocycles. The molecule has 5 heteroatoms. The minimum Gasteiger partial charge on any atom is -0.479 e. The number of pyridine rings is 2. The van der Waals surface area contributed by atoms with E-state index in [9.17, 15) is 0 Å². The number of nitrogens with zero attached hydrogens (tertiary/aromatic N) is 2. The summed E-state index contributed by atoms with van der Waals surface area (Å²) in [6, 6.07) is 13.9. The average Bonchev–Trinajstić information content (AvgIpc) is 2.54. The van der Waals surface area contributed by atoms with Crippen molar-refractivity contribution in [1.82, 2.24) is 9.97 Å². The molecule has 2 heterocycles. The first-order valence-corrected chi connectivity index (χ1v) is 7.09. The van der Waals surface area contributed by atoms with Crippen LogP contribution in [0.25, 0.3) is 10.9 Å². The summed E-state index contributed by atoms with van der Waals surface area (Å²) in [5.74, 6) is 1.26. The summed E-state index contributed by atoms with van der Waals surface area (Å²) in [6.45, 7) is 1.96. The summed E-state index contributed by atoms with van der Waals surface area (Å²) in [4.78, 5) is 8.75. The Bertz CT molecular complexity index is 784. The maximum atomic E-state index is 5.86. The van der Waals surface area contributed by atoms with E-state index in [1.54, 1.807) is 13.3 Å². The predicted octanol–water partition coefficient (Wildman–Crippen LogP) is 3.40. The van der Waals surface area contributed by atoms with Crippen LogP contribution < -0.4 is 15.8 Å². The Morgan fingerprint density at radius 1 is 1.09 bits per heavy atom. The Balaban J connectivity index is 1.90. The van der Waals surface area contributed by atoms with Gasteiger partial charge in [-0.3, -0.25) is 0 Å². The van der Waals surface area contributed by atoms with Crippen molar-refractivity contribution in [3.63, 3.8) is 0 Å². The van der Waals surface area contributed by atoms with Crippen LogP contribution in [-0.4, -0.2) is 17.1 Å². The summed E-state index contributed by atoms with van der Waals surface area (Å²) in [7, 11) is 1.59. The van der Waals surface area contributed by atoms with E-state index < -0.39 is 0 Å². The highest BCUT2D eigenvalue weighted by molar-refractivity contribution is 5.84. The number of fused-ring (bicyclic) bond motifs is 1. The molecule has 0 saturated carbocycles. The van der Waals surface area contributed by atoms with Crippen LogP contribution >= 0.6 is 0 Å². The van der Waals surface area contributed by atoms with E-state index >= 15 is 0 Å². The molecule has 0 saturated heterocycles. The summed E-state index contributed by atoms with van der Waals surface area (Å²) < 4.78 is 5.26. The fourth-order valence-corrected chi connectivity index (χ4v) is 2.26. The molecule has 3 N–H and O–H groups in total. The zero-order valence-corrected chi connectivity index (χ0v) is 12.6. The van der Waals surface area contributed by atoms with Crippen LogP contribution in [0, 0.1) is 0 Å². The molecular weight excluding hydrogens is 276 g/mol.